The van der Waals surface area contributed by atoms with Gasteiger partial charge in [0, 0.05) is 17.0 Å². The quantitative estimate of drug-likeness (QED) is 0.712. The van der Waals surface area contributed by atoms with E-state index in [1.54, 1.807) is 0 Å². The van der Waals surface area contributed by atoms with Crippen molar-refractivity contribution in [1.29, 1.82) is 0 Å². The van der Waals surface area contributed by atoms with Gasteiger partial charge in [0.2, 0.25) is 0 Å². The lowest BCUT2D eigenvalue weighted by Crippen LogP contribution is -2.18. The molecule has 0 aliphatic rings. The minimum absolute atomic E-state index is 0.149. The average molecular weight is 300 g/mol. The maximum absolute atomic E-state index is 6.01. The third-order valence-electron chi connectivity index (χ3n) is 3.78. The normalized spacial score (nSPS) is 12.7. The summed E-state index contributed by atoms with van der Waals surface area (Å²) < 4.78 is 5.98. The monoisotopic (exact) mass is 299 g/mol. The minimum Gasteiger partial charge on any atom is -0.459 e. The summed E-state index contributed by atoms with van der Waals surface area (Å²) in [6.07, 6.45) is 0. The SMILES string of the molecule is Cc1c(C(C)NCc2cccc(Cl)c2)oc2ccccc12. The van der Waals surface area contributed by atoms with Crippen LogP contribution < -0.4 is 5.32 Å². The summed E-state index contributed by atoms with van der Waals surface area (Å²) in [5.74, 6) is 0.998. The van der Waals surface area contributed by atoms with Gasteiger partial charge in [-0.2, -0.15) is 0 Å². The summed E-state index contributed by atoms with van der Waals surface area (Å²) in [5.41, 5.74) is 3.32. The number of para-hydroxylation sites is 1. The number of benzene rings is 2. The molecule has 3 aromatic rings. The molecule has 0 spiro atoms. The highest BCUT2D eigenvalue weighted by Crippen LogP contribution is 2.29. The predicted molar refractivity (Wildman–Crippen MR) is 87.7 cm³/mol. The first-order valence-electron chi connectivity index (χ1n) is 7.11. The molecule has 2 aromatic carbocycles. The molecule has 0 aliphatic carbocycles. The number of hydrogen-bond acceptors (Lipinski definition) is 2. The standard InChI is InChI=1S/C18H18ClNO/c1-12-16-8-3-4-9-17(16)21-18(12)13(2)20-11-14-6-5-7-15(19)10-14/h3-10,13,20H,11H2,1-2H3. The van der Waals surface area contributed by atoms with Gasteiger partial charge in [0.25, 0.3) is 0 Å². The zero-order valence-corrected chi connectivity index (χ0v) is 12.9. The van der Waals surface area contributed by atoms with Gasteiger partial charge < -0.3 is 9.73 Å². The van der Waals surface area contributed by atoms with Crippen LogP contribution in [0.4, 0.5) is 0 Å². The zero-order valence-electron chi connectivity index (χ0n) is 12.2. The molecule has 1 aromatic heterocycles. The molecule has 21 heavy (non-hydrogen) atoms. The Labute approximate surface area is 129 Å². The molecule has 1 heterocycles. The van der Waals surface area contributed by atoms with Crippen LogP contribution in [0.25, 0.3) is 11.0 Å². The van der Waals surface area contributed by atoms with E-state index >= 15 is 0 Å². The van der Waals surface area contributed by atoms with Crippen LogP contribution in [-0.2, 0) is 6.54 Å². The van der Waals surface area contributed by atoms with Gasteiger partial charge in [0.05, 0.1) is 6.04 Å². The second kappa shape index (κ2) is 5.92. The summed E-state index contributed by atoms with van der Waals surface area (Å²) in [7, 11) is 0. The van der Waals surface area contributed by atoms with Crippen LogP contribution >= 0.6 is 11.6 Å². The predicted octanol–water partition coefficient (Wildman–Crippen LogP) is 5.25. The van der Waals surface area contributed by atoms with Crippen molar-refractivity contribution in [3.05, 3.63) is 70.4 Å². The summed E-state index contributed by atoms with van der Waals surface area (Å²) >= 11 is 6.01. The van der Waals surface area contributed by atoms with Gasteiger partial charge in [0.15, 0.2) is 0 Å². The van der Waals surface area contributed by atoms with Gasteiger partial charge in [0.1, 0.15) is 11.3 Å². The van der Waals surface area contributed by atoms with E-state index in [9.17, 15) is 0 Å². The van der Waals surface area contributed by atoms with E-state index in [2.05, 4.69) is 31.3 Å². The molecule has 0 amide bonds. The summed E-state index contributed by atoms with van der Waals surface area (Å²) in [6.45, 7) is 4.99. The molecule has 1 N–H and O–H groups in total. The molecule has 0 aliphatic heterocycles. The molecular weight excluding hydrogens is 282 g/mol. The summed E-state index contributed by atoms with van der Waals surface area (Å²) in [5, 5.41) is 5.44. The molecule has 1 unspecified atom stereocenters. The van der Waals surface area contributed by atoms with Crippen molar-refractivity contribution in [1.82, 2.24) is 5.32 Å². The van der Waals surface area contributed by atoms with Crippen LogP contribution in [0.1, 0.15) is 29.9 Å². The molecule has 1 atom stereocenters. The van der Waals surface area contributed by atoms with Crippen LogP contribution in [0, 0.1) is 6.92 Å². The fraction of sp³-hybridized carbons (Fsp3) is 0.222. The average Bonchev–Trinajstić information content (AvgIpc) is 2.83. The fourth-order valence-corrected chi connectivity index (χ4v) is 2.83. The topological polar surface area (TPSA) is 25.2 Å². The molecular formula is C18H18ClNO. The molecule has 0 fully saturated rings. The van der Waals surface area contributed by atoms with Crippen molar-refractivity contribution < 1.29 is 4.42 Å². The van der Waals surface area contributed by atoms with Gasteiger partial charge in [-0.25, -0.2) is 0 Å². The van der Waals surface area contributed by atoms with E-state index in [0.717, 1.165) is 22.9 Å². The van der Waals surface area contributed by atoms with E-state index in [1.165, 1.54) is 16.5 Å². The molecule has 3 rings (SSSR count). The smallest absolute Gasteiger partial charge is 0.134 e. The van der Waals surface area contributed by atoms with Gasteiger partial charge in [-0.1, -0.05) is 41.9 Å². The fourth-order valence-electron chi connectivity index (χ4n) is 2.62. The highest BCUT2D eigenvalue weighted by Gasteiger charge is 2.15. The van der Waals surface area contributed by atoms with Crippen LogP contribution in [0.3, 0.4) is 0 Å². The lowest BCUT2D eigenvalue weighted by atomic mass is 10.1. The number of fused-ring (bicyclic) bond motifs is 1. The number of aryl methyl sites for hydroxylation is 1. The maximum Gasteiger partial charge on any atom is 0.134 e. The van der Waals surface area contributed by atoms with E-state index in [1.807, 2.05) is 36.4 Å². The van der Waals surface area contributed by atoms with E-state index in [4.69, 9.17) is 16.0 Å². The minimum atomic E-state index is 0.149. The Bertz CT molecular complexity index is 763. The van der Waals surface area contributed by atoms with Crippen LogP contribution in [0.15, 0.2) is 52.9 Å². The second-order valence-electron chi connectivity index (χ2n) is 5.32. The van der Waals surface area contributed by atoms with Gasteiger partial charge in [-0.15, -0.1) is 0 Å². The highest BCUT2D eigenvalue weighted by molar-refractivity contribution is 6.30. The van der Waals surface area contributed by atoms with E-state index in [0.29, 0.717) is 0 Å². The molecule has 2 nitrogen and oxygen atoms in total. The Morgan fingerprint density at radius 1 is 1.14 bits per heavy atom. The lowest BCUT2D eigenvalue weighted by molar-refractivity contribution is 0.447. The highest BCUT2D eigenvalue weighted by atomic mass is 35.5. The Balaban J connectivity index is 1.78. The molecule has 0 radical (unpaired) electrons. The summed E-state index contributed by atoms with van der Waals surface area (Å²) in [4.78, 5) is 0. The molecule has 3 heteroatoms. The largest absolute Gasteiger partial charge is 0.459 e. The van der Waals surface area contributed by atoms with Gasteiger partial charge >= 0.3 is 0 Å². The van der Waals surface area contributed by atoms with Crippen molar-refractivity contribution in [2.24, 2.45) is 0 Å². The first-order valence-corrected chi connectivity index (χ1v) is 7.49. The molecule has 108 valence electrons. The molecule has 0 saturated carbocycles. The number of nitrogens with one attached hydrogen (secondary N) is 1. The second-order valence-corrected chi connectivity index (χ2v) is 5.76. The molecule has 0 saturated heterocycles. The van der Waals surface area contributed by atoms with Crippen LogP contribution in [-0.4, -0.2) is 0 Å². The van der Waals surface area contributed by atoms with Crippen molar-refractivity contribution >= 4 is 22.6 Å². The number of rotatable bonds is 4. The number of furan rings is 1. The van der Waals surface area contributed by atoms with E-state index < -0.39 is 0 Å². The van der Waals surface area contributed by atoms with Gasteiger partial charge in [-0.05, 0) is 43.2 Å². The third-order valence-corrected chi connectivity index (χ3v) is 4.01. The van der Waals surface area contributed by atoms with Crippen molar-refractivity contribution in [3.8, 4) is 0 Å². The third kappa shape index (κ3) is 2.97. The lowest BCUT2D eigenvalue weighted by Gasteiger charge is -2.12. The Hall–Kier alpha value is -1.77. The first-order chi connectivity index (χ1) is 10.1. The Morgan fingerprint density at radius 3 is 2.71 bits per heavy atom. The Morgan fingerprint density at radius 2 is 1.95 bits per heavy atom. The number of halogens is 1. The molecule has 0 bridgehead atoms. The van der Waals surface area contributed by atoms with Gasteiger partial charge in [-0.3, -0.25) is 0 Å². The number of hydrogen-bond donors (Lipinski definition) is 1. The Kier molecular flexibility index (Phi) is 4.00. The van der Waals surface area contributed by atoms with Crippen LogP contribution in [0.2, 0.25) is 5.02 Å². The van der Waals surface area contributed by atoms with Crippen molar-refractivity contribution in [3.63, 3.8) is 0 Å². The maximum atomic E-state index is 6.01. The van der Waals surface area contributed by atoms with E-state index in [-0.39, 0.29) is 6.04 Å². The zero-order chi connectivity index (χ0) is 14.8. The van der Waals surface area contributed by atoms with Crippen molar-refractivity contribution in [2.45, 2.75) is 26.4 Å². The van der Waals surface area contributed by atoms with Crippen LogP contribution in [0.5, 0.6) is 0 Å². The van der Waals surface area contributed by atoms with Crippen molar-refractivity contribution in [2.75, 3.05) is 0 Å². The summed E-state index contributed by atoms with van der Waals surface area (Å²) in [6, 6.07) is 16.2. The first kappa shape index (κ1) is 14.2.